The summed E-state index contributed by atoms with van der Waals surface area (Å²) in [5.41, 5.74) is 1.67. The van der Waals surface area contributed by atoms with Gasteiger partial charge in [-0.05, 0) is 69.1 Å². The number of piperidine rings is 2. The van der Waals surface area contributed by atoms with Crippen molar-refractivity contribution >= 4 is 17.3 Å². The van der Waals surface area contributed by atoms with Gasteiger partial charge in [0, 0.05) is 24.8 Å². The standard InChI is InChI=1S/C25H32N4O4/c1-31-23-7-4-20(16-27-23)29-18-25(32-17-24(29)30)10-14-28(15-11-25)19-2-5-21(6-3-19)33-22-8-12-26-13-9-22/h2-7,16,22,26H,8-15,17-18H2,1H3. The zero-order valence-electron chi connectivity index (χ0n) is 19.2. The minimum atomic E-state index is -0.317. The van der Waals surface area contributed by atoms with Gasteiger partial charge in [-0.2, -0.15) is 0 Å². The third kappa shape index (κ3) is 4.91. The molecular weight excluding hydrogens is 420 g/mol. The maximum absolute atomic E-state index is 12.6. The molecule has 4 heterocycles. The molecule has 3 saturated heterocycles. The lowest BCUT2D eigenvalue weighted by Gasteiger charge is -2.47. The summed E-state index contributed by atoms with van der Waals surface area (Å²) in [5, 5.41) is 3.37. The van der Waals surface area contributed by atoms with Gasteiger partial charge in [0.25, 0.3) is 5.91 Å². The van der Waals surface area contributed by atoms with Crippen LogP contribution in [0, 0.1) is 0 Å². The molecule has 1 aromatic carbocycles. The summed E-state index contributed by atoms with van der Waals surface area (Å²) in [6, 6.07) is 12.1. The first-order valence-corrected chi connectivity index (χ1v) is 11.8. The molecule has 3 aliphatic rings. The average Bonchev–Trinajstić information content (AvgIpc) is 2.87. The van der Waals surface area contributed by atoms with Gasteiger partial charge in [-0.25, -0.2) is 4.98 Å². The number of nitrogens with one attached hydrogen (secondary N) is 1. The summed E-state index contributed by atoms with van der Waals surface area (Å²) in [4.78, 5) is 21.0. The molecule has 0 atom stereocenters. The molecule has 8 nitrogen and oxygen atoms in total. The Bertz CT molecular complexity index is 936. The van der Waals surface area contributed by atoms with Crippen molar-refractivity contribution in [3.63, 3.8) is 0 Å². The molecule has 0 bridgehead atoms. The second-order valence-corrected chi connectivity index (χ2v) is 9.06. The van der Waals surface area contributed by atoms with E-state index in [9.17, 15) is 4.79 Å². The first kappa shape index (κ1) is 22.0. The van der Waals surface area contributed by atoms with Crippen LogP contribution in [0.5, 0.6) is 11.6 Å². The zero-order valence-corrected chi connectivity index (χ0v) is 19.2. The second-order valence-electron chi connectivity index (χ2n) is 9.06. The Kier molecular flexibility index (Phi) is 6.37. The van der Waals surface area contributed by atoms with Gasteiger partial charge >= 0.3 is 0 Å². The summed E-state index contributed by atoms with van der Waals surface area (Å²) in [6.45, 7) is 4.48. The molecule has 1 aromatic heterocycles. The Hall–Kier alpha value is -2.84. The van der Waals surface area contributed by atoms with Crippen LogP contribution in [-0.2, 0) is 9.53 Å². The van der Waals surface area contributed by atoms with E-state index in [0.717, 1.165) is 63.3 Å². The summed E-state index contributed by atoms with van der Waals surface area (Å²) in [6.07, 6.45) is 5.85. The molecule has 1 amide bonds. The summed E-state index contributed by atoms with van der Waals surface area (Å²) in [5.74, 6) is 1.45. The van der Waals surface area contributed by atoms with Crippen molar-refractivity contribution < 1.29 is 19.0 Å². The van der Waals surface area contributed by atoms with E-state index >= 15 is 0 Å². The van der Waals surface area contributed by atoms with E-state index in [1.165, 1.54) is 5.69 Å². The van der Waals surface area contributed by atoms with Crippen molar-refractivity contribution in [2.24, 2.45) is 0 Å². The number of aromatic nitrogens is 1. The third-order valence-electron chi connectivity index (χ3n) is 6.96. The Morgan fingerprint density at radius 1 is 1.06 bits per heavy atom. The van der Waals surface area contributed by atoms with Crippen molar-refractivity contribution in [3.05, 3.63) is 42.6 Å². The number of ether oxygens (including phenoxy) is 3. The number of carbonyl (C=O) groups is 1. The van der Waals surface area contributed by atoms with E-state index in [1.807, 2.05) is 6.07 Å². The number of rotatable bonds is 5. The van der Waals surface area contributed by atoms with Gasteiger partial charge in [-0.1, -0.05) is 0 Å². The monoisotopic (exact) mass is 452 g/mol. The van der Waals surface area contributed by atoms with Crippen LogP contribution in [0.2, 0.25) is 0 Å². The molecule has 0 radical (unpaired) electrons. The Morgan fingerprint density at radius 3 is 2.45 bits per heavy atom. The van der Waals surface area contributed by atoms with Crippen LogP contribution < -0.4 is 24.6 Å². The lowest BCUT2D eigenvalue weighted by Crippen LogP contribution is -2.59. The molecule has 1 N–H and O–H groups in total. The first-order chi connectivity index (χ1) is 16.1. The van der Waals surface area contributed by atoms with Crippen molar-refractivity contribution in [1.82, 2.24) is 10.3 Å². The predicted octanol–water partition coefficient (Wildman–Crippen LogP) is 2.62. The lowest BCUT2D eigenvalue weighted by molar-refractivity contribution is -0.141. The first-order valence-electron chi connectivity index (χ1n) is 11.8. The number of amides is 1. The smallest absolute Gasteiger partial charge is 0.253 e. The Labute approximate surface area is 194 Å². The van der Waals surface area contributed by atoms with Gasteiger partial charge < -0.3 is 29.3 Å². The number of methoxy groups -OCH3 is 1. The van der Waals surface area contributed by atoms with Gasteiger partial charge in [0.05, 0.1) is 31.1 Å². The largest absolute Gasteiger partial charge is 0.490 e. The molecule has 2 aromatic rings. The van der Waals surface area contributed by atoms with Crippen LogP contribution in [0.15, 0.2) is 42.6 Å². The number of nitrogens with zero attached hydrogens (tertiary/aromatic N) is 3. The molecule has 8 heteroatoms. The van der Waals surface area contributed by atoms with Crippen LogP contribution in [0.3, 0.4) is 0 Å². The molecular formula is C25H32N4O4. The summed E-state index contributed by atoms with van der Waals surface area (Å²) in [7, 11) is 1.58. The fourth-order valence-corrected chi connectivity index (χ4v) is 4.92. The van der Waals surface area contributed by atoms with E-state index in [0.29, 0.717) is 18.5 Å². The maximum atomic E-state index is 12.6. The minimum absolute atomic E-state index is 0.0284. The van der Waals surface area contributed by atoms with Crippen LogP contribution >= 0.6 is 0 Å². The van der Waals surface area contributed by atoms with Crippen LogP contribution in [-0.4, -0.2) is 69.0 Å². The van der Waals surface area contributed by atoms with E-state index in [2.05, 4.69) is 39.5 Å². The second kappa shape index (κ2) is 9.57. The van der Waals surface area contributed by atoms with Crippen LogP contribution in [0.1, 0.15) is 25.7 Å². The predicted molar refractivity (Wildman–Crippen MR) is 126 cm³/mol. The topological polar surface area (TPSA) is 76.2 Å². The van der Waals surface area contributed by atoms with Crippen molar-refractivity contribution in [3.8, 4) is 11.6 Å². The number of hydrogen-bond acceptors (Lipinski definition) is 7. The summed E-state index contributed by atoms with van der Waals surface area (Å²) >= 11 is 0. The van der Waals surface area contributed by atoms with Crippen molar-refractivity contribution in [1.29, 1.82) is 0 Å². The van der Waals surface area contributed by atoms with Gasteiger partial charge in [0.2, 0.25) is 5.88 Å². The van der Waals surface area contributed by atoms with Gasteiger partial charge in [0.15, 0.2) is 0 Å². The Morgan fingerprint density at radius 2 is 1.79 bits per heavy atom. The SMILES string of the molecule is COc1ccc(N2CC3(CCN(c4ccc(OC5CCNCC5)cc4)CC3)OCC2=O)cn1. The van der Waals surface area contributed by atoms with Crippen LogP contribution in [0.25, 0.3) is 0 Å². The number of carbonyl (C=O) groups excluding carboxylic acids is 1. The van der Waals surface area contributed by atoms with Crippen molar-refractivity contribution in [2.75, 3.05) is 56.2 Å². The quantitative estimate of drug-likeness (QED) is 0.747. The number of morpholine rings is 1. The molecule has 0 unspecified atom stereocenters. The van der Waals surface area contributed by atoms with E-state index < -0.39 is 0 Å². The molecule has 1 spiro atoms. The zero-order chi connectivity index (χ0) is 22.7. The molecule has 3 aliphatic heterocycles. The molecule has 3 fully saturated rings. The summed E-state index contributed by atoms with van der Waals surface area (Å²) < 4.78 is 17.4. The molecule has 5 rings (SSSR count). The highest BCUT2D eigenvalue weighted by Crippen LogP contribution is 2.35. The van der Waals surface area contributed by atoms with Gasteiger partial charge in [-0.3, -0.25) is 4.79 Å². The van der Waals surface area contributed by atoms with Crippen molar-refractivity contribution in [2.45, 2.75) is 37.4 Å². The average molecular weight is 453 g/mol. The number of benzene rings is 1. The van der Waals surface area contributed by atoms with E-state index in [1.54, 1.807) is 24.3 Å². The number of anilines is 2. The number of pyridine rings is 1. The minimum Gasteiger partial charge on any atom is -0.490 e. The molecule has 0 saturated carbocycles. The molecule has 33 heavy (non-hydrogen) atoms. The fraction of sp³-hybridized carbons (Fsp3) is 0.520. The third-order valence-corrected chi connectivity index (χ3v) is 6.96. The highest BCUT2D eigenvalue weighted by molar-refractivity contribution is 5.95. The maximum Gasteiger partial charge on any atom is 0.253 e. The molecule has 0 aliphatic carbocycles. The highest BCUT2D eigenvalue weighted by Gasteiger charge is 2.42. The van der Waals surface area contributed by atoms with Gasteiger partial charge in [-0.15, -0.1) is 0 Å². The normalized spacial score (nSPS) is 21.3. The van der Waals surface area contributed by atoms with Gasteiger partial charge in [0.1, 0.15) is 18.5 Å². The van der Waals surface area contributed by atoms with Crippen LogP contribution in [0.4, 0.5) is 11.4 Å². The molecule has 176 valence electrons. The van der Waals surface area contributed by atoms with E-state index in [-0.39, 0.29) is 18.1 Å². The number of hydrogen-bond donors (Lipinski definition) is 1. The lowest BCUT2D eigenvalue weighted by atomic mass is 9.88. The Balaban J connectivity index is 1.19. The fourth-order valence-electron chi connectivity index (χ4n) is 4.92. The van der Waals surface area contributed by atoms with E-state index in [4.69, 9.17) is 14.2 Å². The highest BCUT2D eigenvalue weighted by atomic mass is 16.5.